The molecule has 7 nitrogen and oxygen atoms in total. The van der Waals surface area contributed by atoms with Gasteiger partial charge >= 0.3 is 5.97 Å². The summed E-state index contributed by atoms with van der Waals surface area (Å²) in [6.07, 6.45) is 0. The van der Waals surface area contributed by atoms with E-state index in [9.17, 15) is 14.7 Å². The van der Waals surface area contributed by atoms with E-state index in [1.807, 2.05) is 4.90 Å². The number of carboxylic acid groups (broad SMARTS) is 1. The lowest BCUT2D eigenvalue weighted by atomic mass is 10.1. The summed E-state index contributed by atoms with van der Waals surface area (Å²) >= 11 is 0. The summed E-state index contributed by atoms with van der Waals surface area (Å²) in [5.74, 6) is -0.824. The molecule has 1 amide bonds. The lowest BCUT2D eigenvalue weighted by molar-refractivity contribution is -0.139. The SMILES string of the molecule is Cc1ccc(C(=O)N2C[C@@H]3COC[C@H](C2)N(CC(=O)O)C3)cc1O. The zero-order chi connectivity index (χ0) is 17.3. The molecule has 2 heterocycles. The van der Waals surface area contributed by atoms with Crippen molar-refractivity contribution in [1.82, 2.24) is 9.80 Å². The fourth-order valence-corrected chi connectivity index (χ4v) is 3.39. The molecule has 2 N–H and O–H groups in total. The van der Waals surface area contributed by atoms with Crippen molar-refractivity contribution in [2.75, 3.05) is 39.4 Å². The number of carboxylic acids is 1. The Morgan fingerprint density at radius 3 is 2.75 bits per heavy atom. The summed E-state index contributed by atoms with van der Waals surface area (Å²) in [4.78, 5) is 27.5. The lowest BCUT2D eigenvalue weighted by Gasteiger charge is -2.30. The van der Waals surface area contributed by atoms with Crippen molar-refractivity contribution in [2.45, 2.75) is 13.0 Å². The van der Waals surface area contributed by atoms with Crippen molar-refractivity contribution in [3.8, 4) is 5.75 Å². The van der Waals surface area contributed by atoms with E-state index in [0.29, 0.717) is 38.4 Å². The van der Waals surface area contributed by atoms with Crippen LogP contribution < -0.4 is 0 Å². The van der Waals surface area contributed by atoms with Crippen LogP contribution in [-0.2, 0) is 9.53 Å². The molecule has 2 aliphatic heterocycles. The van der Waals surface area contributed by atoms with E-state index in [4.69, 9.17) is 9.84 Å². The third kappa shape index (κ3) is 3.52. The number of phenolic OH excluding ortho intramolecular Hbond substituents is 1. The second-order valence-electron chi connectivity index (χ2n) is 6.59. The molecule has 130 valence electrons. The maximum atomic E-state index is 12.8. The number of phenols is 1. The molecule has 1 aromatic rings. The van der Waals surface area contributed by atoms with Gasteiger partial charge in [0.2, 0.25) is 0 Å². The average Bonchev–Trinajstić information content (AvgIpc) is 2.78. The van der Waals surface area contributed by atoms with E-state index in [-0.39, 0.29) is 30.2 Å². The van der Waals surface area contributed by atoms with Crippen LogP contribution >= 0.6 is 0 Å². The molecule has 0 saturated carbocycles. The smallest absolute Gasteiger partial charge is 0.317 e. The van der Waals surface area contributed by atoms with Crippen LogP contribution in [-0.4, -0.2) is 77.3 Å². The van der Waals surface area contributed by atoms with Crippen molar-refractivity contribution in [3.63, 3.8) is 0 Å². The highest BCUT2D eigenvalue weighted by Gasteiger charge is 2.36. The van der Waals surface area contributed by atoms with Gasteiger partial charge in [-0.3, -0.25) is 14.5 Å². The lowest BCUT2D eigenvalue weighted by Crippen LogP contribution is -2.47. The van der Waals surface area contributed by atoms with Crippen molar-refractivity contribution in [3.05, 3.63) is 29.3 Å². The van der Waals surface area contributed by atoms with E-state index in [1.54, 1.807) is 24.0 Å². The highest BCUT2D eigenvalue weighted by Crippen LogP contribution is 2.23. The second-order valence-corrected chi connectivity index (χ2v) is 6.59. The van der Waals surface area contributed by atoms with Crippen molar-refractivity contribution in [2.24, 2.45) is 5.92 Å². The van der Waals surface area contributed by atoms with E-state index >= 15 is 0 Å². The monoisotopic (exact) mass is 334 g/mol. The van der Waals surface area contributed by atoms with E-state index in [0.717, 1.165) is 5.56 Å². The number of rotatable bonds is 3. The zero-order valence-electron chi connectivity index (χ0n) is 13.6. The van der Waals surface area contributed by atoms with Crippen LogP contribution in [0.2, 0.25) is 0 Å². The molecule has 3 rings (SSSR count). The number of hydrogen-bond donors (Lipinski definition) is 2. The predicted octanol–water partition coefficient (Wildman–Crippen LogP) is 0.558. The topological polar surface area (TPSA) is 90.3 Å². The fourth-order valence-electron chi connectivity index (χ4n) is 3.39. The van der Waals surface area contributed by atoms with Crippen LogP contribution in [0.4, 0.5) is 0 Å². The number of hydrogen-bond acceptors (Lipinski definition) is 5. The molecule has 0 spiro atoms. The maximum Gasteiger partial charge on any atom is 0.317 e. The Hall–Kier alpha value is -2.12. The molecular weight excluding hydrogens is 312 g/mol. The number of carbonyl (C=O) groups is 2. The van der Waals surface area contributed by atoms with E-state index in [2.05, 4.69) is 0 Å². The largest absolute Gasteiger partial charge is 0.508 e. The fraction of sp³-hybridized carbons (Fsp3) is 0.529. The Morgan fingerprint density at radius 1 is 1.25 bits per heavy atom. The van der Waals surface area contributed by atoms with Crippen LogP contribution in [0.5, 0.6) is 5.75 Å². The van der Waals surface area contributed by atoms with Crippen molar-refractivity contribution >= 4 is 11.9 Å². The molecule has 24 heavy (non-hydrogen) atoms. The number of aryl methyl sites for hydroxylation is 1. The van der Waals surface area contributed by atoms with Gasteiger partial charge in [-0.05, 0) is 24.6 Å². The number of nitrogens with zero attached hydrogens (tertiary/aromatic N) is 2. The first-order valence-electron chi connectivity index (χ1n) is 8.06. The molecule has 2 bridgehead atoms. The molecule has 2 atom stereocenters. The van der Waals surface area contributed by atoms with Gasteiger partial charge in [0.1, 0.15) is 5.75 Å². The number of aliphatic carboxylic acids is 1. The summed E-state index contributed by atoms with van der Waals surface area (Å²) in [5, 5.41) is 18.9. The Labute approximate surface area is 140 Å². The molecule has 0 aliphatic carbocycles. The maximum absolute atomic E-state index is 12.8. The van der Waals surface area contributed by atoms with Crippen LogP contribution in [0.1, 0.15) is 15.9 Å². The first-order chi connectivity index (χ1) is 11.4. The molecular formula is C17H22N2O5. The summed E-state index contributed by atoms with van der Waals surface area (Å²) in [5.41, 5.74) is 1.17. The number of ether oxygens (including phenoxy) is 1. The molecule has 2 aliphatic rings. The predicted molar refractivity (Wildman–Crippen MR) is 86.1 cm³/mol. The van der Waals surface area contributed by atoms with Gasteiger partial charge < -0.3 is 19.8 Å². The van der Waals surface area contributed by atoms with E-state index < -0.39 is 5.97 Å². The van der Waals surface area contributed by atoms with Crippen molar-refractivity contribution < 1.29 is 24.5 Å². The Balaban J connectivity index is 1.80. The Bertz CT molecular complexity index is 648. The normalized spacial score (nSPS) is 24.5. The molecule has 0 unspecified atom stereocenters. The van der Waals surface area contributed by atoms with Gasteiger partial charge in [0.25, 0.3) is 5.91 Å². The zero-order valence-corrected chi connectivity index (χ0v) is 13.6. The first kappa shape index (κ1) is 16.7. The minimum Gasteiger partial charge on any atom is -0.508 e. The minimum atomic E-state index is -0.871. The molecule has 2 saturated heterocycles. The molecule has 7 heteroatoms. The summed E-state index contributed by atoms with van der Waals surface area (Å²) in [7, 11) is 0. The van der Waals surface area contributed by atoms with Crippen LogP contribution in [0, 0.1) is 12.8 Å². The Kier molecular flexibility index (Phi) is 4.73. The molecule has 0 radical (unpaired) electrons. The number of amides is 1. The second kappa shape index (κ2) is 6.78. The average molecular weight is 334 g/mol. The summed E-state index contributed by atoms with van der Waals surface area (Å²) < 4.78 is 5.63. The van der Waals surface area contributed by atoms with Crippen LogP contribution in [0.25, 0.3) is 0 Å². The summed E-state index contributed by atoms with van der Waals surface area (Å²) in [6, 6.07) is 4.80. The van der Waals surface area contributed by atoms with Crippen LogP contribution in [0.15, 0.2) is 18.2 Å². The third-order valence-corrected chi connectivity index (χ3v) is 4.66. The Morgan fingerprint density at radius 2 is 2.04 bits per heavy atom. The standard InChI is InChI=1S/C17H22N2O5/c1-11-2-3-13(4-15(11)20)17(23)19-6-12-5-18(8-16(21)22)14(7-19)10-24-9-12/h2-4,12,14,20H,5-10H2,1H3,(H,21,22)/t12-,14+/m1/s1. The van der Waals surface area contributed by atoms with E-state index in [1.165, 1.54) is 6.07 Å². The number of fused-ring (bicyclic) bond motifs is 3. The summed E-state index contributed by atoms with van der Waals surface area (Å²) in [6.45, 7) is 4.25. The molecule has 2 fully saturated rings. The molecule has 0 aromatic heterocycles. The number of aromatic hydroxyl groups is 1. The highest BCUT2D eigenvalue weighted by atomic mass is 16.5. The molecule has 1 aromatic carbocycles. The highest BCUT2D eigenvalue weighted by molar-refractivity contribution is 5.94. The van der Waals surface area contributed by atoms with Gasteiger partial charge in [-0.1, -0.05) is 6.07 Å². The first-order valence-corrected chi connectivity index (χ1v) is 8.06. The van der Waals surface area contributed by atoms with Gasteiger partial charge in [0.15, 0.2) is 0 Å². The van der Waals surface area contributed by atoms with Gasteiger partial charge in [-0.15, -0.1) is 0 Å². The van der Waals surface area contributed by atoms with Gasteiger partial charge in [0.05, 0.1) is 25.8 Å². The van der Waals surface area contributed by atoms with Crippen LogP contribution in [0.3, 0.4) is 0 Å². The minimum absolute atomic E-state index is 0.0438. The quantitative estimate of drug-likeness (QED) is 0.839. The van der Waals surface area contributed by atoms with Gasteiger partial charge in [0, 0.05) is 31.1 Å². The third-order valence-electron chi connectivity index (χ3n) is 4.66. The van der Waals surface area contributed by atoms with Crippen molar-refractivity contribution in [1.29, 1.82) is 0 Å². The number of carbonyl (C=O) groups excluding carboxylic acids is 1. The van der Waals surface area contributed by atoms with Gasteiger partial charge in [-0.25, -0.2) is 0 Å². The number of benzene rings is 1. The van der Waals surface area contributed by atoms with Gasteiger partial charge in [-0.2, -0.15) is 0 Å².